The molecule has 0 aromatic carbocycles. The van der Waals surface area contributed by atoms with Gasteiger partial charge in [-0.1, -0.05) is 20.3 Å². The van der Waals surface area contributed by atoms with Gasteiger partial charge in [0, 0.05) is 12.6 Å². The average Bonchev–Trinajstić information content (AvgIpc) is 2.05. The zero-order chi connectivity index (χ0) is 9.61. The van der Waals surface area contributed by atoms with Crippen molar-refractivity contribution in [3.8, 4) is 0 Å². The molecular weight excluding hydrogens is 150 g/mol. The fourth-order valence-corrected chi connectivity index (χ4v) is 1.42. The van der Waals surface area contributed by atoms with E-state index in [9.17, 15) is 0 Å². The molecule has 74 valence electrons. The monoisotopic (exact) mass is 173 g/mol. The minimum atomic E-state index is -0.120. The van der Waals surface area contributed by atoms with Gasteiger partial charge in [0.05, 0.1) is 5.60 Å². The second-order valence-electron chi connectivity index (χ2n) is 3.49. The maximum atomic E-state index is 6.03. The van der Waals surface area contributed by atoms with Gasteiger partial charge in [-0.2, -0.15) is 0 Å². The Morgan fingerprint density at radius 2 is 1.92 bits per heavy atom. The summed E-state index contributed by atoms with van der Waals surface area (Å²) in [5, 5.41) is 0. The molecule has 0 aliphatic rings. The van der Waals surface area contributed by atoms with Crippen LogP contribution in [-0.4, -0.2) is 18.2 Å². The molecule has 0 aromatic heterocycles. The third-order valence-electron chi connectivity index (χ3n) is 2.56. The number of nitrogens with two attached hydrogens (primary N) is 1. The summed E-state index contributed by atoms with van der Waals surface area (Å²) < 4.78 is 5.67. The van der Waals surface area contributed by atoms with Crippen LogP contribution in [0.3, 0.4) is 0 Å². The highest BCUT2D eigenvalue weighted by Crippen LogP contribution is 2.21. The third-order valence-corrected chi connectivity index (χ3v) is 2.56. The Labute approximate surface area is 76.5 Å². The summed E-state index contributed by atoms with van der Waals surface area (Å²) in [4.78, 5) is 0. The highest BCUT2D eigenvalue weighted by Gasteiger charge is 2.29. The zero-order valence-corrected chi connectivity index (χ0v) is 8.89. The molecule has 0 heterocycles. The first-order valence-electron chi connectivity index (χ1n) is 5.00. The van der Waals surface area contributed by atoms with Crippen molar-refractivity contribution in [2.24, 2.45) is 5.73 Å². The van der Waals surface area contributed by atoms with E-state index in [2.05, 4.69) is 20.8 Å². The van der Waals surface area contributed by atoms with E-state index < -0.39 is 0 Å². The summed E-state index contributed by atoms with van der Waals surface area (Å²) >= 11 is 0. The van der Waals surface area contributed by atoms with Crippen LogP contribution in [0.25, 0.3) is 0 Å². The van der Waals surface area contributed by atoms with Crippen molar-refractivity contribution in [3.05, 3.63) is 0 Å². The molecular formula is C10H23NO. The highest BCUT2D eigenvalue weighted by atomic mass is 16.5. The summed E-state index contributed by atoms with van der Waals surface area (Å²) in [5.74, 6) is 0. The van der Waals surface area contributed by atoms with Crippen molar-refractivity contribution >= 4 is 0 Å². The Kier molecular flexibility index (Phi) is 5.51. The SMILES string of the molecule is CCC[C@H](N)C(C)(CC)OCC. The van der Waals surface area contributed by atoms with Gasteiger partial charge >= 0.3 is 0 Å². The van der Waals surface area contributed by atoms with Gasteiger partial charge in [0.25, 0.3) is 0 Å². The van der Waals surface area contributed by atoms with Crippen LogP contribution in [0.15, 0.2) is 0 Å². The molecule has 1 unspecified atom stereocenters. The third kappa shape index (κ3) is 3.11. The van der Waals surface area contributed by atoms with E-state index in [4.69, 9.17) is 10.5 Å². The fourth-order valence-electron chi connectivity index (χ4n) is 1.42. The van der Waals surface area contributed by atoms with E-state index in [-0.39, 0.29) is 11.6 Å². The second kappa shape index (κ2) is 5.55. The molecule has 2 heteroatoms. The van der Waals surface area contributed by atoms with Crippen molar-refractivity contribution in [1.29, 1.82) is 0 Å². The molecule has 0 bridgehead atoms. The van der Waals surface area contributed by atoms with Crippen molar-refractivity contribution in [1.82, 2.24) is 0 Å². The van der Waals surface area contributed by atoms with Gasteiger partial charge in [-0.05, 0) is 26.7 Å². The van der Waals surface area contributed by atoms with Gasteiger partial charge in [0.2, 0.25) is 0 Å². The van der Waals surface area contributed by atoms with E-state index in [1.807, 2.05) is 6.92 Å². The van der Waals surface area contributed by atoms with E-state index >= 15 is 0 Å². The Balaban J connectivity index is 4.08. The summed E-state index contributed by atoms with van der Waals surface area (Å²) in [6, 6.07) is 0.174. The standard InChI is InChI=1S/C10H23NO/c1-5-8-9(11)10(4,6-2)12-7-3/h9H,5-8,11H2,1-4H3/t9-,10?/m0/s1. The zero-order valence-electron chi connectivity index (χ0n) is 8.89. The molecule has 0 aliphatic carbocycles. The normalized spacial score (nSPS) is 18.8. The predicted octanol–water partition coefficient (Wildman–Crippen LogP) is 2.32. The molecule has 2 N–H and O–H groups in total. The lowest BCUT2D eigenvalue weighted by Gasteiger charge is -2.34. The van der Waals surface area contributed by atoms with Crippen LogP contribution < -0.4 is 5.73 Å². The van der Waals surface area contributed by atoms with Crippen LogP contribution in [0.2, 0.25) is 0 Å². The molecule has 0 saturated heterocycles. The molecule has 0 saturated carbocycles. The summed E-state index contributed by atoms with van der Waals surface area (Å²) in [6.45, 7) is 9.16. The quantitative estimate of drug-likeness (QED) is 0.669. The lowest BCUT2D eigenvalue weighted by atomic mass is 9.91. The Hall–Kier alpha value is -0.0800. The summed E-state index contributed by atoms with van der Waals surface area (Å²) in [7, 11) is 0. The molecule has 2 atom stereocenters. The number of hydrogen-bond acceptors (Lipinski definition) is 2. The van der Waals surface area contributed by atoms with Crippen molar-refractivity contribution in [2.45, 2.75) is 58.6 Å². The van der Waals surface area contributed by atoms with Crippen molar-refractivity contribution < 1.29 is 4.74 Å². The van der Waals surface area contributed by atoms with E-state index in [1.165, 1.54) is 0 Å². The average molecular weight is 173 g/mol. The van der Waals surface area contributed by atoms with Gasteiger partial charge in [0.15, 0.2) is 0 Å². The van der Waals surface area contributed by atoms with Gasteiger partial charge in [-0.3, -0.25) is 0 Å². The Morgan fingerprint density at radius 3 is 2.25 bits per heavy atom. The topological polar surface area (TPSA) is 35.2 Å². The number of hydrogen-bond donors (Lipinski definition) is 1. The minimum absolute atomic E-state index is 0.120. The van der Waals surface area contributed by atoms with Crippen LogP contribution in [0, 0.1) is 0 Å². The van der Waals surface area contributed by atoms with Crippen LogP contribution in [0.5, 0.6) is 0 Å². The smallest absolute Gasteiger partial charge is 0.0801 e. The van der Waals surface area contributed by atoms with E-state index in [1.54, 1.807) is 0 Å². The first-order chi connectivity index (χ1) is 5.60. The van der Waals surface area contributed by atoms with Gasteiger partial charge < -0.3 is 10.5 Å². The van der Waals surface area contributed by atoms with Crippen molar-refractivity contribution in [3.63, 3.8) is 0 Å². The molecule has 0 aromatic rings. The fraction of sp³-hybridized carbons (Fsp3) is 1.00. The maximum Gasteiger partial charge on any atom is 0.0801 e. The Bertz CT molecular complexity index is 116. The lowest BCUT2D eigenvalue weighted by molar-refractivity contribution is -0.0480. The van der Waals surface area contributed by atoms with E-state index in [0.717, 1.165) is 25.9 Å². The first-order valence-corrected chi connectivity index (χ1v) is 5.00. The van der Waals surface area contributed by atoms with Crippen LogP contribution >= 0.6 is 0 Å². The Morgan fingerprint density at radius 1 is 1.33 bits per heavy atom. The van der Waals surface area contributed by atoms with Gasteiger partial charge in [0.1, 0.15) is 0 Å². The summed E-state index contributed by atoms with van der Waals surface area (Å²) in [6.07, 6.45) is 3.16. The molecule has 0 aliphatic heterocycles. The maximum absolute atomic E-state index is 6.03. The van der Waals surface area contributed by atoms with Crippen LogP contribution in [0.1, 0.15) is 47.0 Å². The predicted molar refractivity (Wildman–Crippen MR) is 53.2 cm³/mol. The molecule has 0 spiro atoms. The first kappa shape index (κ1) is 11.9. The molecule has 2 nitrogen and oxygen atoms in total. The minimum Gasteiger partial charge on any atom is -0.374 e. The molecule has 0 rings (SSSR count). The second-order valence-corrected chi connectivity index (χ2v) is 3.49. The molecule has 0 amide bonds. The number of ether oxygens (including phenoxy) is 1. The molecule has 0 radical (unpaired) electrons. The molecule has 0 fully saturated rings. The van der Waals surface area contributed by atoms with Crippen molar-refractivity contribution in [2.75, 3.05) is 6.61 Å². The van der Waals surface area contributed by atoms with Gasteiger partial charge in [-0.15, -0.1) is 0 Å². The largest absolute Gasteiger partial charge is 0.374 e. The van der Waals surface area contributed by atoms with E-state index in [0.29, 0.717) is 0 Å². The number of rotatable bonds is 6. The van der Waals surface area contributed by atoms with Crippen LogP contribution in [-0.2, 0) is 4.74 Å². The lowest BCUT2D eigenvalue weighted by Crippen LogP contribution is -2.47. The molecule has 12 heavy (non-hydrogen) atoms. The van der Waals surface area contributed by atoms with Gasteiger partial charge in [-0.25, -0.2) is 0 Å². The highest BCUT2D eigenvalue weighted by molar-refractivity contribution is 4.85. The van der Waals surface area contributed by atoms with Crippen LogP contribution in [0.4, 0.5) is 0 Å². The summed E-state index contributed by atoms with van der Waals surface area (Å²) in [5.41, 5.74) is 5.91.